The van der Waals surface area contributed by atoms with Crippen LogP contribution in [-0.2, 0) is 5.41 Å². The van der Waals surface area contributed by atoms with Crippen molar-refractivity contribution in [1.29, 1.82) is 0 Å². The summed E-state index contributed by atoms with van der Waals surface area (Å²) >= 11 is 0. The number of aliphatic hydroxyl groups is 1. The fourth-order valence-electron chi connectivity index (χ4n) is 4.90. The molecule has 0 amide bonds. The van der Waals surface area contributed by atoms with Crippen LogP contribution in [0, 0.1) is 11.8 Å². The number of ether oxygens (including phenoxy) is 1. The Morgan fingerprint density at radius 1 is 1.32 bits per heavy atom. The van der Waals surface area contributed by atoms with Crippen molar-refractivity contribution in [2.45, 2.75) is 51.2 Å². The van der Waals surface area contributed by atoms with Crippen molar-refractivity contribution in [2.75, 3.05) is 20.2 Å². The number of piperidine rings is 3. The van der Waals surface area contributed by atoms with Crippen LogP contribution >= 0.6 is 0 Å². The summed E-state index contributed by atoms with van der Waals surface area (Å²) in [6.07, 6.45) is 3.80. The molecule has 0 radical (unpaired) electrons. The van der Waals surface area contributed by atoms with Gasteiger partial charge in [0.15, 0.2) is 0 Å². The number of rotatable bonds is 4. The zero-order chi connectivity index (χ0) is 20.1. The van der Waals surface area contributed by atoms with E-state index in [9.17, 15) is 5.11 Å². The molecule has 4 heteroatoms. The molecule has 3 saturated heterocycles. The van der Waals surface area contributed by atoms with E-state index in [1.54, 1.807) is 7.11 Å². The molecule has 4 heterocycles. The zero-order valence-corrected chi connectivity index (χ0v) is 17.5. The summed E-state index contributed by atoms with van der Waals surface area (Å²) in [5.41, 5.74) is 2.82. The van der Waals surface area contributed by atoms with Crippen LogP contribution in [0.25, 0.3) is 10.9 Å². The molecule has 150 valence electrons. The van der Waals surface area contributed by atoms with Crippen LogP contribution in [-0.4, -0.2) is 41.2 Å². The van der Waals surface area contributed by atoms with Gasteiger partial charge in [0.25, 0.3) is 0 Å². The molecule has 2 bridgehead atoms. The van der Waals surface area contributed by atoms with Crippen molar-refractivity contribution in [2.24, 2.45) is 11.8 Å². The average molecular weight is 381 g/mol. The molecule has 0 spiro atoms. The number of aromatic nitrogens is 1. The van der Waals surface area contributed by atoms with Gasteiger partial charge >= 0.3 is 0 Å². The lowest BCUT2D eigenvalue weighted by atomic mass is 9.73. The minimum absolute atomic E-state index is 0.0810. The van der Waals surface area contributed by atoms with E-state index in [4.69, 9.17) is 9.72 Å². The highest BCUT2D eigenvalue weighted by molar-refractivity contribution is 5.84. The van der Waals surface area contributed by atoms with E-state index in [-0.39, 0.29) is 11.5 Å². The lowest BCUT2D eigenvalue weighted by Crippen LogP contribution is -2.54. The van der Waals surface area contributed by atoms with Crippen LogP contribution in [0.5, 0.6) is 5.75 Å². The number of methoxy groups -OCH3 is 1. The first-order valence-corrected chi connectivity index (χ1v) is 10.4. The minimum Gasteiger partial charge on any atom is -0.497 e. The topological polar surface area (TPSA) is 45.6 Å². The van der Waals surface area contributed by atoms with Gasteiger partial charge in [-0.3, -0.25) is 9.88 Å². The molecular formula is C24H32N2O2. The quantitative estimate of drug-likeness (QED) is 0.795. The Labute approximate surface area is 168 Å². The third-order valence-electron chi connectivity index (χ3n) is 6.65. The second-order valence-corrected chi connectivity index (χ2v) is 9.42. The van der Waals surface area contributed by atoms with E-state index in [0.717, 1.165) is 47.4 Å². The summed E-state index contributed by atoms with van der Waals surface area (Å²) in [7, 11) is 1.68. The lowest BCUT2D eigenvalue weighted by molar-refractivity contribution is -0.0445. The highest BCUT2D eigenvalue weighted by Crippen LogP contribution is 2.43. The molecule has 0 saturated carbocycles. The summed E-state index contributed by atoms with van der Waals surface area (Å²) in [4.78, 5) is 7.35. The van der Waals surface area contributed by atoms with Crippen LogP contribution in [0.3, 0.4) is 0 Å². The second-order valence-electron chi connectivity index (χ2n) is 9.42. The molecule has 1 aromatic carbocycles. The molecule has 2 aromatic rings. The molecule has 3 fully saturated rings. The smallest absolute Gasteiger partial charge is 0.119 e. The lowest BCUT2D eigenvalue weighted by Gasteiger charge is -2.50. The monoisotopic (exact) mass is 380 g/mol. The van der Waals surface area contributed by atoms with Crippen molar-refractivity contribution in [3.63, 3.8) is 0 Å². The predicted octanol–water partition coefficient (Wildman–Crippen LogP) is 4.47. The average Bonchev–Trinajstić information content (AvgIpc) is 2.71. The van der Waals surface area contributed by atoms with Crippen LogP contribution in [0.4, 0.5) is 0 Å². The largest absolute Gasteiger partial charge is 0.497 e. The molecule has 1 aromatic heterocycles. The normalized spacial score (nSPS) is 28.3. The Hall–Kier alpha value is -1.91. The van der Waals surface area contributed by atoms with Gasteiger partial charge in [-0.1, -0.05) is 26.8 Å². The van der Waals surface area contributed by atoms with Crippen LogP contribution in [0.1, 0.15) is 51.0 Å². The predicted molar refractivity (Wildman–Crippen MR) is 114 cm³/mol. The van der Waals surface area contributed by atoms with Gasteiger partial charge in [0.05, 0.1) is 18.7 Å². The number of benzene rings is 1. The maximum Gasteiger partial charge on any atom is 0.119 e. The van der Waals surface area contributed by atoms with Gasteiger partial charge in [0, 0.05) is 29.1 Å². The Bertz CT molecular complexity index is 886. The molecular weight excluding hydrogens is 348 g/mol. The molecule has 3 aliphatic rings. The van der Waals surface area contributed by atoms with Gasteiger partial charge in [-0.2, -0.15) is 0 Å². The van der Waals surface area contributed by atoms with Crippen LogP contribution in [0.2, 0.25) is 0 Å². The molecule has 1 unspecified atom stereocenters. The van der Waals surface area contributed by atoms with Gasteiger partial charge in [0.1, 0.15) is 5.75 Å². The first-order chi connectivity index (χ1) is 13.3. The van der Waals surface area contributed by atoms with Gasteiger partial charge in [-0.15, -0.1) is 6.58 Å². The van der Waals surface area contributed by atoms with E-state index in [1.807, 2.05) is 18.2 Å². The van der Waals surface area contributed by atoms with Crippen molar-refractivity contribution in [3.05, 3.63) is 48.2 Å². The Balaban J connectivity index is 1.79. The van der Waals surface area contributed by atoms with Crippen molar-refractivity contribution >= 4 is 10.9 Å². The van der Waals surface area contributed by atoms with Crippen LogP contribution < -0.4 is 4.74 Å². The summed E-state index contributed by atoms with van der Waals surface area (Å²) < 4.78 is 5.45. The molecule has 1 N–H and O–H groups in total. The molecule has 3 aliphatic heterocycles. The standard InChI is InChI=1S/C24H32N2O2/c1-6-15-14-26-10-9-16(15)11-21(26)23(27)19-13-22(24(2,3)4)25-20-8-7-17(28-5)12-18(19)20/h6-8,12-13,15-16,21,23,27H,1,9-11,14H2,2-5H3/t15-,16-,21+,23-/m0/s1. The first kappa shape index (κ1) is 19.4. The number of pyridine rings is 1. The zero-order valence-electron chi connectivity index (χ0n) is 17.5. The van der Waals surface area contributed by atoms with E-state index < -0.39 is 6.10 Å². The summed E-state index contributed by atoms with van der Waals surface area (Å²) in [6, 6.07) is 8.22. The van der Waals surface area contributed by atoms with Gasteiger partial charge in [-0.25, -0.2) is 0 Å². The second kappa shape index (κ2) is 7.16. The van der Waals surface area contributed by atoms with E-state index >= 15 is 0 Å². The first-order valence-electron chi connectivity index (χ1n) is 10.4. The number of nitrogens with zero attached hydrogens (tertiary/aromatic N) is 2. The molecule has 28 heavy (non-hydrogen) atoms. The van der Waals surface area contributed by atoms with Crippen molar-refractivity contribution in [3.8, 4) is 5.75 Å². The summed E-state index contributed by atoms with van der Waals surface area (Å²) in [6.45, 7) is 12.6. The third-order valence-corrected chi connectivity index (χ3v) is 6.65. The molecule has 0 aliphatic carbocycles. The van der Waals surface area contributed by atoms with Crippen molar-refractivity contribution in [1.82, 2.24) is 9.88 Å². The Morgan fingerprint density at radius 3 is 2.71 bits per heavy atom. The fourth-order valence-corrected chi connectivity index (χ4v) is 4.90. The summed E-state index contributed by atoms with van der Waals surface area (Å²) in [5, 5.41) is 12.5. The van der Waals surface area contributed by atoms with Gasteiger partial charge in [-0.05, 0) is 61.1 Å². The number of aliphatic hydroxyl groups excluding tert-OH is 1. The summed E-state index contributed by atoms with van der Waals surface area (Å²) in [5.74, 6) is 1.98. The molecule has 4 nitrogen and oxygen atoms in total. The highest BCUT2D eigenvalue weighted by Gasteiger charge is 2.42. The van der Waals surface area contributed by atoms with Gasteiger partial charge < -0.3 is 9.84 Å². The maximum atomic E-state index is 11.5. The van der Waals surface area contributed by atoms with E-state index in [0.29, 0.717) is 11.8 Å². The fraction of sp³-hybridized carbons (Fsp3) is 0.542. The SMILES string of the molecule is C=C[C@H]1CN2CC[C@H]1C[C@@H]2[C@@H](O)c1cc(C(C)(C)C)nc2ccc(OC)cc12. The number of hydrogen-bond acceptors (Lipinski definition) is 4. The molecule has 5 atom stereocenters. The minimum atomic E-state index is -0.535. The Morgan fingerprint density at radius 2 is 2.11 bits per heavy atom. The van der Waals surface area contributed by atoms with Gasteiger partial charge in [0.2, 0.25) is 0 Å². The number of hydrogen-bond donors (Lipinski definition) is 1. The van der Waals surface area contributed by atoms with Crippen molar-refractivity contribution < 1.29 is 9.84 Å². The van der Waals surface area contributed by atoms with E-state index in [1.165, 1.54) is 6.42 Å². The third kappa shape index (κ3) is 3.33. The van der Waals surface area contributed by atoms with E-state index in [2.05, 4.69) is 44.4 Å². The maximum absolute atomic E-state index is 11.5. The number of fused-ring (bicyclic) bond motifs is 4. The van der Waals surface area contributed by atoms with Crippen LogP contribution in [0.15, 0.2) is 36.9 Å². The molecule has 5 rings (SSSR count). The highest BCUT2D eigenvalue weighted by atomic mass is 16.5. The Kier molecular flexibility index (Phi) is 4.96.